The van der Waals surface area contributed by atoms with E-state index >= 15 is 0 Å². The van der Waals surface area contributed by atoms with E-state index in [-0.39, 0.29) is 31.6 Å². The second kappa shape index (κ2) is 13.0. The van der Waals surface area contributed by atoms with Crippen LogP contribution in [0.4, 0.5) is 0 Å². The highest BCUT2D eigenvalue weighted by Crippen LogP contribution is 2.19. The molecule has 9 N–H and O–H groups in total. The molecule has 0 saturated heterocycles. The highest BCUT2D eigenvalue weighted by atomic mass is 16.2. The van der Waals surface area contributed by atoms with Crippen molar-refractivity contribution in [2.75, 3.05) is 0 Å². The lowest BCUT2D eigenvalue weighted by Crippen LogP contribution is -2.52. The number of amides is 3. The van der Waals surface area contributed by atoms with Crippen LogP contribution < -0.4 is 27.8 Å². The molecule has 2 atom stereocenters. The third kappa shape index (κ3) is 8.29. The molecule has 0 aliphatic heterocycles. The number of nitrogen functional groups attached to an aromatic ring is 1. The normalized spacial score (nSPS) is 12.2. The number of carbonyl (C=O) groups excluding carboxylic acids is 3. The molecule has 0 heterocycles. The molecule has 192 valence electrons. The SMILES string of the molecule is N=C(N)c1ccc(CNC(=O)[C@H](CCC(N)=O)NC(=O)[C@H](N)Cc2ccc(-c3ccccc3)cc2)cc1. The van der Waals surface area contributed by atoms with Crippen LogP contribution in [-0.2, 0) is 27.3 Å². The average Bonchev–Trinajstić information content (AvgIpc) is 2.90. The van der Waals surface area contributed by atoms with Gasteiger partial charge in [0.15, 0.2) is 0 Å². The van der Waals surface area contributed by atoms with Crippen molar-refractivity contribution >= 4 is 23.6 Å². The molecule has 3 aromatic carbocycles. The van der Waals surface area contributed by atoms with E-state index < -0.39 is 29.8 Å². The number of rotatable bonds is 12. The smallest absolute Gasteiger partial charge is 0.242 e. The topological polar surface area (TPSA) is 177 Å². The zero-order chi connectivity index (χ0) is 26.8. The van der Waals surface area contributed by atoms with Gasteiger partial charge >= 0.3 is 0 Å². The molecule has 0 fully saturated rings. The van der Waals surface area contributed by atoms with Crippen LogP contribution in [0.3, 0.4) is 0 Å². The van der Waals surface area contributed by atoms with Crippen LogP contribution in [0.5, 0.6) is 0 Å². The van der Waals surface area contributed by atoms with Crippen molar-refractivity contribution in [1.29, 1.82) is 5.41 Å². The minimum atomic E-state index is -0.969. The summed E-state index contributed by atoms with van der Waals surface area (Å²) in [4.78, 5) is 36.9. The Hall–Kier alpha value is -4.50. The van der Waals surface area contributed by atoms with E-state index in [9.17, 15) is 14.4 Å². The zero-order valence-corrected chi connectivity index (χ0v) is 20.4. The van der Waals surface area contributed by atoms with E-state index in [4.69, 9.17) is 22.6 Å². The zero-order valence-electron chi connectivity index (χ0n) is 20.4. The van der Waals surface area contributed by atoms with Crippen molar-refractivity contribution in [2.24, 2.45) is 17.2 Å². The molecule has 0 aromatic heterocycles. The van der Waals surface area contributed by atoms with E-state index in [1.807, 2.05) is 54.6 Å². The number of hydrogen-bond donors (Lipinski definition) is 6. The summed E-state index contributed by atoms with van der Waals surface area (Å²) in [7, 11) is 0. The molecule has 9 nitrogen and oxygen atoms in total. The lowest BCUT2D eigenvalue weighted by atomic mass is 10.0. The van der Waals surface area contributed by atoms with Gasteiger partial charge in [0.25, 0.3) is 0 Å². The van der Waals surface area contributed by atoms with Crippen LogP contribution >= 0.6 is 0 Å². The maximum absolute atomic E-state index is 12.8. The Morgan fingerprint density at radius 2 is 1.38 bits per heavy atom. The molecular weight excluding hydrogens is 468 g/mol. The number of nitrogens with two attached hydrogens (primary N) is 3. The monoisotopic (exact) mass is 500 g/mol. The fourth-order valence-electron chi connectivity index (χ4n) is 3.76. The van der Waals surface area contributed by atoms with Crippen LogP contribution in [0.15, 0.2) is 78.9 Å². The van der Waals surface area contributed by atoms with Crippen molar-refractivity contribution in [3.8, 4) is 11.1 Å². The Labute approximate surface area is 215 Å². The van der Waals surface area contributed by atoms with Crippen molar-refractivity contribution < 1.29 is 14.4 Å². The summed E-state index contributed by atoms with van der Waals surface area (Å²) < 4.78 is 0. The van der Waals surface area contributed by atoms with Gasteiger partial charge in [0.2, 0.25) is 17.7 Å². The van der Waals surface area contributed by atoms with Gasteiger partial charge in [-0.05, 0) is 35.1 Å². The Balaban J connectivity index is 1.58. The molecular formula is C28H32N6O3. The number of benzene rings is 3. The van der Waals surface area contributed by atoms with Gasteiger partial charge in [-0.2, -0.15) is 0 Å². The van der Waals surface area contributed by atoms with E-state index in [1.54, 1.807) is 24.3 Å². The fraction of sp³-hybridized carbons (Fsp3) is 0.214. The van der Waals surface area contributed by atoms with Crippen molar-refractivity contribution in [1.82, 2.24) is 10.6 Å². The molecule has 0 aliphatic carbocycles. The first-order valence-electron chi connectivity index (χ1n) is 11.9. The predicted molar refractivity (Wildman–Crippen MR) is 143 cm³/mol. The van der Waals surface area contributed by atoms with Gasteiger partial charge in [-0.15, -0.1) is 0 Å². The van der Waals surface area contributed by atoms with Gasteiger partial charge in [-0.1, -0.05) is 78.9 Å². The van der Waals surface area contributed by atoms with E-state index in [2.05, 4.69) is 10.6 Å². The molecule has 0 spiro atoms. The van der Waals surface area contributed by atoms with Crippen LogP contribution in [0, 0.1) is 5.41 Å². The van der Waals surface area contributed by atoms with Gasteiger partial charge in [0, 0.05) is 18.5 Å². The second-order valence-corrected chi connectivity index (χ2v) is 8.77. The minimum Gasteiger partial charge on any atom is -0.384 e. The lowest BCUT2D eigenvalue weighted by molar-refractivity contribution is -0.130. The molecule has 3 rings (SSSR count). The molecule has 3 amide bonds. The summed E-state index contributed by atoms with van der Waals surface area (Å²) in [5.41, 5.74) is 21.3. The molecule has 0 bridgehead atoms. The average molecular weight is 501 g/mol. The molecule has 0 aliphatic rings. The Kier molecular flexibility index (Phi) is 9.51. The Bertz CT molecular complexity index is 1230. The summed E-state index contributed by atoms with van der Waals surface area (Å²) >= 11 is 0. The van der Waals surface area contributed by atoms with Crippen LogP contribution in [0.25, 0.3) is 11.1 Å². The summed E-state index contributed by atoms with van der Waals surface area (Å²) in [5, 5.41) is 12.9. The van der Waals surface area contributed by atoms with E-state index in [0.717, 1.165) is 22.3 Å². The molecule has 9 heteroatoms. The largest absolute Gasteiger partial charge is 0.384 e. The summed E-state index contributed by atoms with van der Waals surface area (Å²) in [6.45, 7) is 0.194. The standard InChI is InChI=1S/C28H32N6O3/c29-23(16-18-6-10-21(11-7-18)20-4-2-1-3-5-20)27(36)34-24(14-15-25(30)35)28(37)33-17-19-8-12-22(13-9-19)26(31)32/h1-13,23-24H,14-17,29H2,(H2,30,35)(H3,31,32)(H,33,37)(H,34,36)/t23-,24+/m1/s1. The van der Waals surface area contributed by atoms with Gasteiger partial charge in [-0.3, -0.25) is 19.8 Å². The van der Waals surface area contributed by atoms with Crippen molar-refractivity contribution in [3.63, 3.8) is 0 Å². The van der Waals surface area contributed by atoms with Crippen molar-refractivity contribution in [3.05, 3.63) is 95.6 Å². The molecule has 0 unspecified atom stereocenters. The summed E-state index contributed by atoms with van der Waals surface area (Å²) in [5.74, 6) is -1.57. The number of carbonyl (C=O) groups is 3. The molecule has 0 radical (unpaired) electrons. The third-order valence-electron chi connectivity index (χ3n) is 5.90. The van der Waals surface area contributed by atoms with E-state index in [0.29, 0.717) is 5.56 Å². The summed E-state index contributed by atoms with van der Waals surface area (Å²) in [6, 6.07) is 22.7. The lowest BCUT2D eigenvalue weighted by Gasteiger charge is -2.20. The van der Waals surface area contributed by atoms with Crippen LogP contribution in [0.1, 0.15) is 29.5 Å². The van der Waals surface area contributed by atoms with E-state index in [1.165, 1.54) is 0 Å². The maximum Gasteiger partial charge on any atom is 0.242 e. The highest BCUT2D eigenvalue weighted by Gasteiger charge is 2.24. The van der Waals surface area contributed by atoms with Gasteiger partial charge in [-0.25, -0.2) is 0 Å². The van der Waals surface area contributed by atoms with Gasteiger partial charge in [0.05, 0.1) is 6.04 Å². The maximum atomic E-state index is 12.8. The number of hydrogen-bond acceptors (Lipinski definition) is 5. The molecule has 37 heavy (non-hydrogen) atoms. The van der Waals surface area contributed by atoms with Gasteiger partial charge in [0.1, 0.15) is 11.9 Å². The fourth-order valence-corrected chi connectivity index (χ4v) is 3.76. The third-order valence-corrected chi connectivity index (χ3v) is 5.90. The molecule has 3 aromatic rings. The first-order chi connectivity index (χ1) is 17.7. The minimum absolute atomic E-state index is 0.0479. The Morgan fingerprint density at radius 1 is 0.784 bits per heavy atom. The predicted octanol–water partition coefficient (Wildman–Crippen LogP) is 1.57. The number of nitrogens with one attached hydrogen (secondary N) is 3. The quantitative estimate of drug-likeness (QED) is 0.163. The Morgan fingerprint density at radius 3 is 1.97 bits per heavy atom. The highest BCUT2D eigenvalue weighted by molar-refractivity contribution is 5.95. The number of amidine groups is 1. The summed E-state index contributed by atoms with van der Waals surface area (Å²) in [6.07, 6.45) is 0.268. The second-order valence-electron chi connectivity index (χ2n) is 8.77. The number of primary amides is 1. The molecule has 0 saturated carbocycles. The van der Waals surface area contributed by atoms with Gasteiger partial charge < -0.3 is 27.8 Å². The first kappa shape index (κ1) is 27.1. The van der Waals surface area contributed by atoms with Crippen LogP contribution in [0.2, 0.25) is 0 Å². The van der Waals surface area contributed by atoms with Crippen LogP contribution in [-0.4, -0.2) is 35.6 Å². The first-order valence-corrected chi connectivity index (χ1v) is 11.9. The van der Waals surface area contributed by atoms with Crippen molar-refractivity contribution in [2.45, 2.75) is 37.9 Å².